The molecule has 0 heterocycles. The summed E-state index contributed by atoms with van der Waals surface area (Å²) in [5.41, 5.74) is 4.29. The van der Waals surface area contributed by atoms with Gasteiger partial charge < -0.3 is 5.11 Å². The smallest absolute Gasteiger partial charge is 0.0543 e. The Hall–Kier alpha value is -0.560. The SMILES string of the molecule is C=C(C(C)C)[C@H](CC)CC[C@@H](C)[C@H]1CC[C@H]2C3=CC[C@H]4C[C@@H](O)CC[C@]4(C)[C@H]3CC[C@]12C. The highest BCUT2D eigenvalue weighted by molar-refractivity contribution is 5.27. The Morgan fingerprint density at radius 2 is 1.72 bits per heavy atom. The number of rotatable bonds is 7. The molecule has 4 aliphatic carbocycles. The highest BCUT2D eigenvalue weighted by atomic mass is 16.3. The molecule has 3 fully saturated rings. The lowest BCUT2D eigenvalue weighted by Crippen LogP contribution is -2.49. The number of aliphatic hydroxyl groups excluding tert-OH is 1. The maximum atomic E-state index is 10.3. The normalized spacial score (nSPS) is 43.1. The van der Waals surface area contributed by atoms with Crippen molar-refractivity contribution in [2.24, 2.45) is 52.3 Å². The van der Waals surface area contributed by atoms with Crippen LogP contribution >= 0.6 is 0 Å². The number of hydrogen-bond acceptors (Lipinski definition) is 1. The molecule has 0 spiro atoms. The summed E-state index contributed by atoms with van der Waals surface area (Å²) in [6.07, 6.45) is 16.8. The monoisotopic (exact) mass is 440 g/mol. The Labute approximate surface area is 199 Å². The van der Waals surface area contributed by atoms with Crippen molar-refractivity contribution in [3.05, 3.63) is 23.8 Å². The number of hydrogen-bond donors (Lipinski definition) is 1. The molecule has 0 saturated heterocycles. The molecule has 9 atom stereocenters. The van der Waals surface area contributed by atoms with Gasteiger partial charge in [0, 0.05) is 0 Å². The predicted octanol–water partition coefficient (Wildman–Crippen LogP) is 8.58. The van der Waals surface area contributed by atoms with Crippen LogP contribution in [0.5, 0.6) is 0 Å². The molecule has 182 valence electrons. The highest BCUT2D eigenvalue weighted by Crippen LogP contribution is 2.67. The maximum Gasteiger partial charge on any atom is 0.0543 e. The molecule has 4 aliphatic rings. The molecule has 0 aromatic rings. The van der Waals surface area contributed by atoms with Crippen LogP contribution in [-0.4, -0.2) is 11.2 Å². The van der Waals surface area contributed by atoms with Gasteiger partial charge >= 0.3 is 0 Å². The molecule has 4 rings (SSSR count). The third-order valence-corrected chi connectivity index (χ3v) is 11.5. The molecule has 1 heteroatoms. The summed E-state index contributed by atoms with van der Waals surface area (Å²) >= 11 is 0. The van der Waals surface area contributed by atoms with Gasteiger partial charge in [0.25, 0.3) is 0 Å². The summed E-state index contributed by atoms with van der Waals surface area (Å²) in [6, 6.07) is 0. The molecular formula is C31H52O. The van der Waals surface area contributed by atoms with Gasteiger partial charge in [-0.25, -0.2) is 0 Å². The fourth-order valence-corrected chi connectivity index (χ4v) is 9.25. The molecule has 0 aliphatic heterocycles. The van der Waals surface area contributed by atoms with Crippen molar-refractivity contribution < 1.29 is 5.11 Å². The second-order valence-electron chi connectivity index (χ2n) is 13.3. The molecule has 0 aromatic carbocycles. The summed E-state index contributed by atoms with van der Waals surface area (Å²) in [5.74, 6) is 5.36. The summed E-state index contributed by atoms with van der Waals surface area (Å²) in [7, 11) is 0. The second-order valence-corrected chi connectivity index (χ2v) is 13.3. The summed E-state index contributed by atoms with van der Waals surface area (Å²) in [5, 5.41) is 10.3. The first-order chi connectivity index (χ1) is 15.1. The van der Waals surface area contributed by atoms with Gasteiger partial charge in [-0.3, -0.25) is 0 Å². The van der Waals surface area contributed by atoms with Crippen molar-refractivity contribution >= 4 is 0 Å². The van der Waals surface area contributed by atoms with E-state index in [2.05, 4.69) is 54.2 Å². The van der Waals surface area contributed by atoms with E-state index in [4.69, 9.17) is 0 Å². The molecule has 3 saturated carbocycles. The van der Waals surface area contributed by atoms with Crippen molar-refractivity contribution in [2.75, 3.05) is 0 Å². The zero-order valence-electron chi connectivity index (χ0n) is 22.1. The topological polar surface area (TPSA) is 20.2 Å². The average molecular weight is 441 g/mol. The van der Waals surface area contributed by atoms with Gasteiger partial charge in [-0.2, -0.15) is 0 Å². The van der Waals surface area contributed by atoms with E-state index in [1.54, 1.807) is 0 Å². The second kappa shape index (κ2) is 9.24. The molecule has 0 bridgehead atoms. The summed E-state index contributed by atoms with van der Waals surface area (Å²) in [4.78, 5) is 0. The van der Waals surface area contributed by atoms with Crippen LogP contribution in [0.3, 0.4) is 0 Å². The van der Waals surface area contributed by atoms with Gasteiger partial charge in [-0.05, 0) is 123 Å². The van der Waals surface area contributed by atoms with Gasteiger partial charge in [0.15, 0.2) is 0 Å². The average Bonchev–Trinajstić information content (AvgIpc) is 3.11. The van der Waals surface area contributed by atoms with Crippen molar-refractivity contribution in [3.8, 4) is 0 Å². The van der Waals surface area contributed by atoms with E-state index in [-0.39, 0.29) is 6.10 Å². The van der Waals surface area contributed by atoms with Crippen molar-refractivity contribution in [1.29, 1.82) is 0 Å². The first kappa shape index (κ1) is 24.6. The Morgan fingerprint density at radius 3 is 2.41 bits per heavy atom. The van der Waals surface area contributed by atoms with Crippen LogP contribution in [0.2, 0.25) is 0 Å². The third kappa shape index (κ3) is 4.08. The Balaban J connectivity index is 1.46. The first-order valence-electron chi connectivity index (χ1n) is 14.2. The van der Waals surface area contributed by atoms with E-state index >= 15 is 0 Å². The predicted molar refractivity (Wildman–Crippen MR) is 137 cm³/mol. The van der Waals surface area contributed by atoms with Crippen LogP contribution in [0.15, 0.2) is 23.8 Å². The van der Waals surface area contributed by atoms with Crippen molar-refractivity contribution in [3.63, 3.8) is 0 Å². The van der Waals surface area contributed by atoms with E-state index in [1.165, 1.54) is 63.4 Å². The molecule has 0 unspecified atom stereocenters. The standard InChI is InChI=1S/C31H52O/c1-8-23(22(5)20(2)3)10-9-21(4)27-13-14-28-26-12-11-24-19-25(32)15-17-30(24,6)29(26)16-18-31(27,28)7/h12,20-21,23-25,27-29,32H,5,8-11,13-19H2,1-4,6-7H3/t21-,23-,24+,25+,27-,28+,29+,30+,31-/m1/s1. The lowest BCUT2D eigenvalue weighted by molar-refractivity contribution is -0.0428. The quantitative estimate of drug-likeness (QED) is 0.393. The van der Waals surface area contributed by atoms with Gasteiger partial charge in [-0.1, -0.05) is 65.3 Å². The zero-order valence-corrected chi connectivity index (χ0v) is 22.1. The largest absolute Gasteiger partial charge is 0.393 e. The van der Waals surface area contributed by atoms with Crippen LogP contribution in [0.4, 0.5) is 0 Å². The van der Waals surface area contributed by atoms with Crippen LogP contribution in [0, 0.1) is 52.3 Å². The van der Waals surface area contributed by atoms with Crippen LogP contribution in [-0.2, 0) is 0 Å². The minimum atomic E-state index is -0.0488. The van der Waals surface area contributed by atoms with Crippen molar-refractivity contribution in [2.45, 2.75) is 118 Å². The Bertz CT molecular complexity index is 718. The van der Waals surface area contributed by atoms with E-state index in [0.29, 0.717) is 28.6 Å². The zero-order chi connectivity index (χ0) is 23.3. The summed E-state index contributed by atoms with van der Waals surface area (Å²) in [6.45, 7) is 19.3. The van der Waals surface area contributed by atoms with Gasteiger partial charge in [-0.15, -0.1) is 0 Å². The number of allylic oxidation sites excluding steroid dienone is 3. The van der Waals surface area contributed by atoms with Gasteiger partial charge in [0.1, 0.15) is 0 Å². The van der Waals surface area contributed by atoms with E-state index < -0.39 is 0 Å². The Morgan fingerprint density at radius 1 is 1.03 bits per heavy atom. The fourth-order valence-electron chi connectivity index (χ4n) is 9.25. The minimum absolute atomic E-state index is 0.0488. The van der Waals surface area contributed by atoms with Crippen LogP contribution in [0.1, 0.15) is 112 Å². The molecule has 0 amide bonds. The van der Waals surface area contributed by atoms with Crippen molar-refractivity contribution in [1.82, 2.24) is 0 Å². The molecular weight excluding hydrogens is 388 g/mol. The molecule has 1 nitrogen and oxygen atoms in total. The molecule has 0 radical (unpaired) electrons. The van der Waals surface area contributed by atoms with Gasteiger partial charge in [0.2, 0.25) is 0 Å². The number of aliphatic hydroxyl groups is 1. The first-order valence-corrected chi connectivity index (χ1v) is 14.2. The van der Waals surface area contributed by atoms with Crippen LogP contribution in [0.25, 0.3) is 0 Å². The third-order valence-electron chi connectivity index (χ3n) is 11.5. The lowest BCUT2D eigenvalue weighted by Gasteiger charge is -2.57. The number of fused-ring (bicyclic) bond motifs is 5. The Kier molecular flexibility index (Phi) is 7.09. The van der Waals surface area contributed by atoms with E-state index in [1.807, 2.05) is 5.57 Å². The highest BCUT2D eigenvalue weighted by Gasteiger charge is 2.58. The van der Waals surface area contributed by atoms with Gasteiger partial charge in [0.05, 0.1) is 6.10 Å². The van der Waals surface area contributed by atoms with E-state index in [9.17, 15) is 5.11 Å². The minimum Gasteiger partial charge on any atom is -0.393 e. The lowest BCUT2D eigenvalue weighted by atomic mass is 9.47. The molecule has 1 N–H and O–H groups in total. The molecule has 32 heavy (non-hydrogen) atoms. The van der Waals surface area contributed by atoms with E-state index in [0.717, 1.165) is 36.5 Å². The fraction of sp³-hybridized carbons (Fsp3) is 0.871. The summed E-state index contributed by atoms with van der Waals surface area (Å²) < 4.78 is 0. The van der Waals surface area contributed by atoms with Crippen LogP contribution < -0.4 is 0 Å². The maximum absolute atomic E-state index is 10.3. The molecule has 0 aromatic heterocycles.